The standard InChI is InChI=1S/C25H33N3O4S/c1-2-32-25(31)21-22(26-11-13-27(14-12-26)23(29)20-8-5-15-33-20)18-6-3-4-7-19(18)28(24(21)30)16-17-9-10-17/h5,8,15,17-19H,2-4,6-7,9-14,16H2,1H3. The molecule has 2 unspecified atom stereocenters. The Balaban J connectivity index is 1.43. The van der Waals surface area contributed by atoms with Crippen LogP contribution < -0.4 is 0 Å². The first-order valence-corrected chi connectivity index (χ1v) is 13.3. The molecule has 178 valence electrons. The molecular formula is C25H33N3O4S. The lowest BCUT2D eigenvalue weighted by Crippen LogP contribution is -2.57. The predicted octanol–water partition coefficient (Wildman–Crippen LogP) is 3.13. The Morgan fingerprint density at radius 2 is 1.85 bits per heavy atom. The maximum Gasteiger partial charge on any atom is 0.345 e. The molecule has 8 heteroatoms. The van der Waals surface area contributed by atoms with Crippen LogP contribution in [-0.2, 0) is 14.3 Å². The second-order valence-corrected chi connectivity index (χ2v) is 10.5. The molecule has 2 aliphatic carbocycles. The Labute approximate surface area is 199 Å². The molecule has 3 fully saturated rings. The predicted molar refractivity (Wildman–Crippen MR) is 126 cm³/mol. The van der Waals surface area contributed by atoms with E-state index in [-0.39, 0.29) is 36.0 Å². The lowest BCUT2D eigenvalue weighted by Gasteiger charge is -2.49. The van der Waals surface area contributed by atoms with Crippen molar-refractivity contribution in [2.45, 2.75) is 51.5 Å². The van der Waals surface area contributed by atoms with Crippen LogP contribution in [0.25, 0.3) is 0 Å². The largest absolute Gasteiger partial charge is 0.462 e. The topological polar surface area (TPSA) is 70.2 Å². The minimum absolute atomic E-state index is 0.0649. The molecule has 1 aromatic rings. The van der Waals surface area contributed by atoms with Crippen LogP contribution in [0.4, 0.5) is 0 Å². The number of carbonyl (C=O) groups is 3. The molecule has 0 N–H and O–H groups in total. The Morgan fingerprint density at radius 3 is 2.52 bits per heavy atom. The average molecular weight is 472 g/mol. The quantitative estimate of drug-likeness (QED) is 0.471. The summed E-state index contributed by atoms with van der Waals surface area (Å²) in [6.45, 7) is 5.25. The highest BCUT2D eigenvalue weighted by Gasteiger charge is 2.48. The van der Waals surface area contributed by atoms with Crippen LogP contribution in [-0.4, -0.2) is 77.9 Å². The lowest BCUT2D eigenvalue weighted by molar-refractivity contribution is -0.145. The average Bonchev–Trinajstić information content (AvgIpc) is 3.49. The van der Waals surface area contributed by atoms with Crippen LogP contribution in [0.1, 0.15) is 55.1 Å². The van der Waals surface area contributed by atoms with Gasteiger partial charge in [0.05, 0.1) is 11.5 Å². The SMILES string of the molecule is CCOC(=O)C1=C(N2CCN(C(=O)c3cccs3)CC2)C2CCCCC2N(CC2CC2)C1=O. The van der Waals surface area contributed by atoms with E-state index in [0.29, 0.717) is 32.1 Å². The maximum absolute atomic E-state index is 13.7. The van der Waals surface area contributed by atoms with Gasteiger partial charge in [-0.2, -0.15) is 0 Å². The summed E-state index contributed by atoms with van der Waals surface area (Å²) in [4.78, 5) is 46.5. The molecule has 0 bridgehead atoms. The van der Waals surface area contributed by atoms with Gasteiger partial charge in [-0.15, -0.1) is 11.3 Å². The second-order valence-electron chi connectivity index (χ2n) is 9.60. The number of rotatable bonds is 6. The third-order valence-electron chi connectivity index (χ3n) is 7.48. The van der Waals surface area contributed by atoms with Crippen molar-refractivity contribution >= 4 is 29.1 Å². The zero-order valence-electron chi connectivity index (χ0n) is 19.3. The number of hydrogen-bond donors (Lipinski definition) is 0. The Kier molecular flexibility index (Phi) is 6.45. The monoisotopic (exact) mass is 471 g/mol. The molecule has 1 aromatic heterocycles. The summed E-state index contributed by atoms with van der Waals surface area (Å²) in [7, 11) is 0. The first-order valence-electron chi connectivity index (χ1n) is 12.4. The van der Waals surface area contributed by atoms with E-state index in [2.05, 4.69) is 4.90 Å². The molecule has 2 saturated carbocycles. The molecule has 1 saturated heterocycles. The molecule has 0 radical (unpaired) electrons. The molecule has 2 amide bonds. The van der Waals surface area contributed by atoms with Gasteiger partial charge in [0.25, 0.3) is 11.8 Å². The van der Waals surface area contributed by atoms with Crippen LogP contribution in [0.15, 0.2) is 28.8 Å². The number of amides is 2. The summed E-state index contributed by atoms with van der Waals surface area (Å²) in [6, 6.07) is 3.93. The van der Waals surface area contributed by atoms with Gasteiger partial charge in [0.15, 0.2) is 0 Å². The Bertz CT molecular complexity index is 931. The van der Waals surface area contributed by atoms with Gasteiger partial charge in [-0.3, -0.25) is 9.59 Å². The summed E-state index contributed by atoms with van der Waals surface area (Å²) in [5.74, 6) is 0.188. The first kappa shape index (κ1) is 22.4. The third kappa shape index (κ3) is 4.42. The number of nitrogens with zero attached hydrogens (tertiary/aromatic N) is 3. The molecule has 2 atom stereocenters. The summed E-state index contributed by atoms with van der Waals surface area (Å²) in [6.07, 6.45) is 6.58. The van der Waals surface area contributed by atoms with Crippen molar-refractivity contribution in [2.24, 2.45) is 11.8 Å². The van der Waals surface area contributed by atoms with E-state index in [1.165, 1.54) is 24.2 Å². The van der Waals surface area contributed by atoms with E-state index >= 15 is 0 Å². The van der Waals surface area contributed by atoms with Crippen molar-refractivity contribution < 1.29 is 19.1 Å². The van der Waals surface area contributed by atoms with Crippen LogP contribution >= 0.6 is 11.3 Å². The Morgan fingerprint density at radius 1 is 1.09 bits per heavy atom. The normalized spacial score (nSPS) is 25.8. The van der Waals surface area contributed by atoms with Gasteiger partial charge in [-0.05, 0) is 50.0 Å². The number of hydrogen-bond acceptors (Lipinski definition) is 6. The Hall–Kier alpha value is -2.35. The van der Waals surface area contributed by atoms with Crippen molar-refractivity contribution in [2.75, 3.05) is 39.3 Å². The number of esters is 1. The number of thiophene rings is 1. The highest BCUT2D eigenvalue weighted by Crippen LogP contribution is 2.43. The number of fused-ring (bicyclic) bond motifs is 1. The molecule has 5 rings (SSSR count). The number of ether oxygens (including phenoxy) is 1. The van der Waals surface area contributed by atoms with Crippen LogP contribution in [0.5, 0.6) is 0 Å². The smallest absolute Gasteiger partial charge is 0.345 e. The van der Waals surface area contributed by atoms with Crippen LogP contribution in [0.2, 0.25) is 0 Å². The number of piperazine rings is 1. The van der Waals surface area contributed by atoms with E-state index < -0.39 is 5.97 Å². The van der Waals surface area contributed by atoms with E-state index in [4.69, 9.17) is 4.74 Å². The molecule has 7 nitrogen and oxygen atoms in total. The number of carbonyl (C=O) groups excluding carboxylic acids is 3. The summed E-state index contributed by atoms with van der Waals surface area (Å²) in [5, 5.41) is 1.92. The van der Waals surface area contributed by atoms with Crippen molar-refractivity contribution in [3.63, 3.8) is 0 Å². The van der Waals surface area contributed by atoms with E-state index in [1.807, 2.05) is 27.3 Å². The molecule has 4 aliphatic rings. The van der Waals surface area contributed by atoms with E-state index in [9.17, 15) is 14.4 Å². The molecule has 3 heterocycles. The minimum Gasteiger partial charge on any atom is -0.462 e. The van der Waals surface area contributed by atoms with Gasteiger partial charge >= 0.3 is 5.97 Å². The fourth-order valence-electron chi connectivity index (χ4n) is 5.68. The van der Waals surface area contributed by atoms with Gasteiger partial charge in [-0.25, -0.2) is 4.79 Å². The second kappa shape index (κ2) is 9.49. The molecule has 0 aromatic carbocycles. The van der Waals surface area contributed by atoms with E-state index in [0.717, 1.165) is 42.8 Å². The molecular weight excluding hydrogens is 438 g/mol. The van der Waals surface area contributed by atoms with Gasteiger partial charge < -0.3 is 19.4 Å². The first-order chi connectivity index (χ1) is 16.1. The van der Waals surface area contributed by atoms with Gasteiger partial charge in [0.1, 0.15) is 5.57 Å². The maximum atomic E-state index is 13.7. The van der Waals surface area contributed by atoms with Crippen molar-refractivity contribution in [3.05, 3.63) is 33.7 Å². The van der Waals surface area contributed by atoms with Gasteiger partial charge in [0.2, 0.25) is 0 Å². The summed E-state index contributed by atoms with van der Waals surface area (Å²) < 4.78 is 5.40. The molecule has 33 heavy (non-hydrogen) atoms. The van der Waals surface area contributed by atoms with Gasteiger partial charge in [-0.1, -0.05) is 18.9 Å². The zero-order chi connectivity index (χ0) is 22.9. The van der Waals surface area contributed by atoms with Gasteiger partial charge in [0, 0.05) is 50.4 Å². The van der Waals surface area contributed by atoms with Crippen molar-refractivity contribution in [1.29, 1.82) is 0 Å². The van der Waals surface area contributed by atoms with Crippen LogP contribution in [0.3, 0.4) is 0 Å². The highest BCUT2D eigenvalue weighted by molar-refractivity contribution is 7.12. The molecule has 0 spiro atoms. The van der Waals surface area contributed by atoms with E-state index in [1.54, 1.807) is 6.92 Å². The van der Waals surface area contributed by atoms with Crippen molar-refractivity contribution in [1.82, 2.24) is 14.7 Å². The van der Waals surface area contributed by atoms with Crippen molar-refractivity contribution in [3.8, 4) is 0 Å². The lowest BCUT2D eigenvalue weighted by atomic mass is 9.76. The zero-order valence-corrected chi connectivity index (χ0v) is 20.1. The minimum atomic E-state index is -0.487. The summed E-state index contributed by atoms with van der Waals surface area (Å²) in [5.41, 5.74) is 1.14. The summed E-state index contributed by atoms with van der Waals surface area (Å²) >= 11 is 1.46. The third-order valence-corrected chi connectivity index (χ3v) is 8.34. The fraction of sp³-hybridized carbons (Fsp3) is 0.640. The fourth-order valence-corrected chi connectivity index (χ4v) is 6.37. The highest BCUT2D eigenvalue weighted by atomic mass is 32.1. The van der Waals surface area contributed by atoms with Crippen LogP contribution in [0, 0.1) is 11.8 Å². The molecule has 2 aliphatic heterocycles.